The molecule has 1 fully saturated rings. The number of fused-ring (bicyclic) bond motifs is 1. The summed E-state index contributed by atoms with van der Waals surface area (Å²) >= 11 is 12.8. The summed E-state index contributed by atoms with van der Waals surface area (Å²) in [6.45, 7) is 12.7. The molecule has 1 saturated heterocycles. The molecule has 5 rings (SSSR count). The summed E-state index contributed by atoms with van der Waals surface area (Å²) in [6, 6.07) is 7.75. The van der Waals surface area contributed by atoms with Crippen LogP contribution in [0.4, 0.5) is 10.2 Å². The van der Waals surface area contributed by atoms with Gasteiger partial charge in [-0.15, -0.1) is 0 Å². The number of ether oxygens (including phenoxy) is 1. The van der Waals surface area contributed by atoms with E-state index in [1.54, 1.807) is 18.2 Å². The van der Waals surface area contributed by atoms with E-state index in [0.29, 0.717) is 39.9 Å². The molecular formula is C28H32Cl2FN7O3Si. The molecule has 0 aliphatic carbocycles. The summed E-state index contributed by atoms with van der Waals surface area (Å²) in [5, 5.41) is 8.49. The van der Waals surface area contributed by atoms with E-state index >= 15 is 0 Å². The minimum Gasteiger partial charge on any atom is -0.462 e. The number of nitrogens with zero attached hydrogens (tertiary/aromatic N) is 6. The third-order valence-corrected chi connectivity index (χ3v) is 12.8. The average molecular weight is 633 g/mol. The van der Waals surface area contributed by atoms with Crippen LogP contribution in [0.3, 0.4) is 0 Å². The molecule has 3 aromatic heterocycles. The second-order valence-electron chi connectivity index (χ2n) is 11.7. The van der Waals surface area contributed by atoms with Crippen LogP contribution >= 0.6 is 23.2 Å². The van der Waals surface area contributed by atoms with E-state index in [2.05, 4.69) is 64.1 Å². The first-order valence-corrected chi connectivity index (χ1v) is 17.1. The molecule has 1 aromatic carbocycles. The molecule has 0 saturated carbocycles. The quantitative estimate of drug-likeness (QED) is 0.233. The predicted octanol–water partition coefficient (Wildman–Crippen LogP) is 5.75. The minimum atomic E-state index is -1.93. The summed E-state index contributed by atoms with van der Waals surface area (Å²) in [7, 11) is -1.93. The lowest BCUT2D eigenvalue weighted by Crippen LogP contribution is -2.60. The van der Waals surface area contributed by atoms with Gasteiger partial charge < -0.3 is 14.5 Å². The summed E-state index contributed by atoms with van der Waals surface area (Å²) < 4.78 is 27.6. The van der Waals surface area contributed by atoms with Crippen molar-refractivity contribution in [2.75, 3.05) is 25.0 Å². The van der Waals surface area contributed by atoms with Crippen molar-refractivity contribution in [3.8, 4) is 11.6 Å². The zero-order valence-electron chi connectivity index (χ0n) is 23.9. The highest BCUT2D eigenvalue weighted by Crippen LogP contribution is 2.38. The molecule has 1 aliphatic rings. The molecule has 0 unspecified atom stereocenters. The number of benzene rings is 1. The number of para-hydroxylation sites is 1. The van der Waals surface area contributed by atoms with E-state index < -0.39 is 26.1 Å². The smallest absolute Gasteiger partial charge is 0.268 e. The van der Waals surface area contributed by atoms with E-state index in [0.717, 1.165) is 6.20 Å². The first-order chi connectivity index (χ1) is 19.8. The molecule has 10 nitrogen and oxygen atoms in total. The highest BCUT2D eigenvalue weighted by molar-refractivity contribution is 6.74. The summed E-state index contributed by atoms with van der Waals surface area (Å²) in [4.78, 5) is 28.2. The number of anilines is 1. The monoisotopic (exact) mass is 631 g/mol. The lowest BCUT2D eigenvalue weighted by Gasteiger charge is -2.46. The van der Waals surface area contributed by atoms with Crippen molar-refractivity contribution in [1.82, 2.24) is 29.6 Å². The predicted molar refractivity (Wildman–Crippen MR) is 162 cm³/mol. The Morgan fingerprint density at radius 3 is 2.48 bits per heavy atom. The number of aromatic nitrogens is 5. The van der Waals surface area contributed by atoms with Crippen molar-refractivity contribution in [2.45, 2.75) is 51.1 Å². The molecule has 0 bridgehead atoms. The second kappa shape index (κ2) is 11.8. The van der Waals surface area contributed by atoms with Crippen LogP contribution in [0.5, 0.6) is 5.88 Å². The summed E-state index contributed by atoms with van der Waals surface area (Å²) in [5.74, 6) is -0.604. The van der Waals surface area contributed by atoms with E-state index in [1.165, 1.54) is 29.3 Å². The zero-order valence-corrected chi connectivity index (χ0v) is 26.4. The topological polar surface area (TPSA) is 107 Å². The van der Waals surface area contributed by atoms with Gasteiger partial charge in [0.05, 0.1) is 28.5 Å². The number of rotatable bonds is 9. The molecule has 1 amide bonds. The van der Waals surface area contributed by atoms with Crippen molar-refractivity contribution >= 4 is 54.3 Å². The van der Waals surface area contributed by atoms with Crippen LogP contribution in [0.25, 0.3) is 16.7 Å². The number of likely N-dealkylation sites (tertiary alicyclic amines) is 1. The molecule has 222 valence electrons. The van der Waals surface area contributed by atoms with Gasteiger partial charge in [-0.05, 0) is 42.4 Å². The molecule has 42 heavy (non-hydrogen) atoms. The number of hydrogen-bond acceptors (Lipinski definition) is 8. The van der Waals surface area contributed by atoms with E-state index in [-0.39, 0.29) is 29.4 Å². The number of carbonyl (C=O) groups excluding carboxylic acids is 1. The molecule has 1 N–H and O–H groups in total. The van der Waals surface area contributed by atoms with Gasteiger partial charge in [-0.2, -0.15) is 5.10 Å². The maximum Gasteiger partial charge on any atom is 0.268 e. The van der Waals surface area contributed by atoms with Crippen LogP contribution in [0.15, 0.2) is 49.1 Å². The Kier molecular flexibility index (Phi) is 8.55. The van der Waals surface area contributed by atoms with Gasteiger partial charge in [0.1, 0.15) is 29.0 Å². The van der Waals surface area contributed by atoms with Crippen LogP contribution < -0.4 is 10.1 Å². The number of halogens is 3. The summed E-state index contributed by atoms with van der Waals surface area (Å²) in [6.07, 6.45) is 2.98. The van der Waals surface area contributed by atoms with Gasteiger partial charge in [0.25, 0.3) is 5.91 Å². The Morgan fingerprint density at radius 2 is 1.83 bits per heavy atom. The van der Waals surface area contributed by atoms with Crippen LogP contribution in [0.1, 0.15) is 20.8 Å². The van der Waals surface area contributed by atoms with Crippen LogP contribution in [0, 0.1) is 5.82 Å². The first-order valence-electron chi connectivity index (χ1n) is 13.4. The number of carbonyl (C=O) groups is 1. The Hall–Kier alpha value is -3.16. The lowest BCUT2D eigenvalue weighted by molar-refractivity contribution is -0.125. The van der Waals surface area contributed by atoms with E-state index in [1.807, 2.05) is 0 Å². The fraction of sp³-hybridized carbons (Fsp3) is 0.393. The SMILES string of the molecule is CC(C)(C)[Si](C)(C)OC1CN(C[C@H](Oc2ncnc3c2cnn3-c2c(Cl)cccc2Cl)C(=O)Nc2ccc(F)cn2)C1. The highest BCUT2D eigenvalue weighted by atomic mass is 35.5. The fourth-order valence-corrected chi connectivity index (χ4v) is 6.20. The van der Waals surface area contributed by atoms with Crippen LogP contribution in [-0.2, 0) is 9.22 Å². The molecule has 14 heteroatoms. The third kappa shape index (κ3) is 6.42. The van der Waals surface area contributed by atoms with Crippen LogP contribution in [0.2, 0.25) is 28.2 Å². The van der Waals surface area contributed by atoms with Gasteiger partial charge >= 0.3 is 0 Å². The molecule has 0 radical (unpaired) electrons. The zero-order chi connectivity index (χ0) is 30.2. The van der Waals surface area contributed by atoms with Crippen molar-refractivity contribution in [3.63, 3.8) is 0 Å². The third-order valence-electron chi connectivity index (χ3n) is 7.62. The molecular weight excluding hydrogens is 600 g/mol. The van der Waals surface area contributed by atoms with Gasteiger partial charge in [-0.25, -0.2) is 24.0 Å². The standard InChI is InChI=1S/C28H32Cl2FN7O3Si/c1-28(2,3)42(4,5)41-18-13-37(14-18)15-22(26(39)36-23-10-9-17(31)11-32-23)40-27-19-12-35-38(25(19)33-16-34-27)24-20(29)7-6-8-21(24)30/h6-12,16,18,22H,13-15H2,1-5H3,(H,32,36,39)/t22-/m0/s1. The number of pyridine rings is 1. The number of hydrogen-bond donors (Lipinski definition) is 1. The summed E-state index contributed by atoms with van der Waals surface area (Å²) in [5.41, 5.74) is 0.867. The Balaban J connectivity index is 1.38. The van der Waals surface area contributed by atoms with Gasteiger partial charge in [0, 0.05) is 19.6 Å². The van der Waals surface area contributed by atoms with E-state index in [9.17, 15) is 9.18 Å². The number of amides is 1. The number of nitrogens with one attached hydrogen (secondary N) is 1. The maximum absolute atomic E-state index is 13.5. The van der Waals surface area contributed by atoms with Crippen molar-refractivity contribution in [3.05, 3.63) is 64.9 Å². The first kappa shape index (κ1) is 30.3. The molecule has 1 atom stereocenters. The Labute approximate surface area is 254 Å². The largest absolute Gasteiger partial charge is 0.462 e. The Bertz CT molecular complexity index is 1570. The van der Waals surface area contributed by atoms with Crippen molar-refractivity contribution in [2.24, 2.45) is 0 Å². The molecule has 0 spiro atoms. The van der Waals surface area contributed by atoms with Gasteiger partial charge in [-0.1, -0.05) is 50.0 Å². The normalized spacial score (nSPS) is 15.4. The van der Waals surface area contributed by atoms with E-state index in [4.69, 9.17) is 32.4 Å². The average Bonchev–Trinajstić information content (AvgIpc) is 3.32. The van der Waals surface area contributed by atoms with Gasteiger partial charge in [-0.3, -0.25) is 9.69 Å². The van der Waals surface area contributed by atoms with Crippen LogP contribution in [-0.4, -0.2) is 75.7 Å². The second-order valence-corrected chi connectivity index (χ2v) is 17.3. The lowest BCUT2D eigenvalue weighted by atomic mass is 10.1. The van der Waals surface area contributed by atoms with Gasteiger partial charge in [0.2, 0.25) is 5.88 Å². The van der Waals surface area contributed by atoms with Crippen molar-refractivity contribution < 1.29 is 18.3 Å². The van der Waals surface area contributed by atoms with Gasteiger partial charge in [0.15, 0.2) is 20.1 Å². The highest BCUT2D eigenvalue weighted by Gasteiger charge is 2.42. The Morgan fingerprint density at radius 1 is 1.12 bits per heavy atom. The van der Waals surface area contributed by atoms with Crippen molar-refractivity contribution in [1.29, 1.82) is 0 Å². The molecule has 4 aromatic rings. The fourth-order valence-electron chi connectivity index (χ4n) is 4.31. The maximum atomic E-state index is 13.5. The molecule has 1 aliphatic heterocycles. The molecule has 4 heterocycles. The minimum absolute atomic E-state index is 0.0812.